The molecule has 0 aromatic carbocycles. The van der Waals surface area contributed by atoms with Crippen LogP contribution in [0.3, 0.4) is 0 Å². The van der Waals surface area contributed by atoms with Crippen molar-refractivity contribution in [1.29, 1.82) is 0 Å². The lowest BCUT2D eigenvalue weighted by atomic mass is 10.1. The van der Waals surface area contributed by atoms with Gasteiger partial charge in [0.25, 0.3) is 0 Å². The van der Waals surface area contributed by atoms with Crippen molar-refractivity contribution in [1.82, 2.24) is 5.32 Å². The SMILES string of the molecule is CC1OC2CCCC2NC1C(=O)O. The smallest absolute Gasteiger partial charge is 0.323 e. The Labute approximate surface area is 77.3 Å². The zero-order chi connectivity index (χ0) is 9.42. The number of fused-ring (bicyclic) bond motifs is 1. The Morgan fingerprint density at radius 2 is 2.31 bits per heavy atom. The first-order valence-corrected chi connectivity index (χ1v) is 4.83. The second-order valence-corrected chi connectivity index (χ2v) is 3.90. The van der Waals surface area contributed by atoms with Gasteiger partial charge >= 0.3 is 5.97 Å². The number of ether oxygens (including phenoxy) is 1. The molecule has 0 aromatic rings. The number of hydrogen-bond donors (Lipinski definition) is 2. The normalized spacial score (nSPS) is 44.4. The van der Waals surface area contributed by atoms with Gasteiger partial charge in [0.15, 0.2) is 0 Å². The Morgan fingerprint density at radius 1 is 1.54 bits per heavy atom. The molecule has 4 atom stereocenters. The van der Waals surface area contributed by atoms with Crippen LogP contribution in [0.25, 0.3) is 0 Å². The van der Waals surface area contributed by atoms with Crippen LogP contribution in [-0.2, 0) is 9.53 Å². The van der Waals surface area contributed by atoms with E-state index in [1.165, 1.54) is 0 Å². The second-order valence-electron chi connectivity index (χ2n) is 3.90. The van der Waals surface area contributed by atoms with E-state index in [1.807, 2.05) is 6.92 Å². The van der Waals surface area contributed by atoms with Crippen LogP contribution in [0, 0.1) is 0 Å². The Kier molecular flexibility index (Phi) is 2.26. The van der Waals surface area contributed by atoms with Crippen molar-refractivity contribution in [2.75, 3.05) is 0 Å². The van der Waals surface area contributed by atoms with Gasteiger partial charge in [-0.25, -0.2) is 0 Å². The molecule has 2 fully saturated rings. The predicted octanol–water partition coefficient (Wildman–Crippen LogP) is 0.369. The molecule has 0 spiro atoms. The van der Waals surface area contributed by atoms with Gasteiger partial charge in [-0.15, -0.1) is 0 Å². The Morgan fingerprint density at radius 3 is 3.00 bits per heavy atom. The highest BCUT2D eigenvalue weighted by molar-refractivity contribution is 5.74. The van der Waals surface area contributed by atoms with Gasteiger partial charge in [-0.2, -0.15) is 0 Å². The second kappa shape index (κ2) is 3.27. The molecule has 13 heavy (non-hydrogen) atoms. The number of hydrogen-bond acceptors (Lipinski definition) is 3. The molecule has 1 aliphatic carbocycles. The molecule has 1 heterocycles. The third kappa shape index (κ3) is 1.56. The molecule has 2 rings (SSSR count). The van der Waals surface area contributed by atoms with Gasteiger partial charge in [-0.1, -0.05) is 0 Å². The minimum atomic E-state index is -0.808. The predicted molar refractivity (Wildman–Crippen MR) is 46.5 cm³/mol. The zero-order valence-corrected chi connectivity index (χ0v) is 7.69. The summed E-state index contributed by atoms with van der Waals surface area (Å²) in [5, 5.41) is 12.0. The van der Waals surface area contributed by atoms with Crippen LogP contribution in [0.1, 0.15) is 26.2 Å². The lowest BCUT2D eigenvalue weighted by Crippen LogP contribution is -2.58. The fourth-order valence-electron chi connectivity index (χ4n) is 2.27. The van der Waals surface area contributed by atoms with Crippen molar-refractivity contribution in [3.05, 3.63) is 0 Å². The molecule has 1 saturated heterocycles. The topological polar surface area (TPSA) is 58.6 Å². The van der Waals surface area contributed by atoms with Crippen LogP contribution in [0.15, 0.2) is 0 Å². The largest absolute Gasteiger partial charge is 0.480 e. The summed E-state index contributed by atoms with van der Waals surface area (Å²) in [6.45, 7) is 1.82. The number of carboxylic acid groups (broad SMARTS) is 1. The molecule has 0 aromatic heterocycles. The average molecular weight is 185 g/mol. The van der Waals surface area contributed by atoms with Crippen LogP contribution in [-0.4, -0.2) is 35.4 Å². The first-order chi connectivity index (χ1) is 6.18. The molecule has 2 N–H and O–H groups in total. The molecule has 0 bridgehead atoms. The fourth-order valence-corrected chi connectivity index (χ4v) is 2.27. The van der Waals surface area contributed by atoms with Gasteiger partial charge in [-0.3, -0.25) is 10.1 Å². The van der Waals surface area contributed by atoms with Crippen LogP contribution in [0.5, 0.6) is 0 Å². The highest BCUT2D eigenvalue weighted by atomic mass is 16.5. The van der Waals surface area contributed by atoms with E-state index in [2.05, 4.69) is 5.32 Å². The van der Waals surface area contributed by atoms with E-state index in [0.29, 0.717) is 0 Å². The molecule has 1 aliphatic heterocycles. The van der Waals surface area contributed by atoms with E-state index in [9.17, 15) is 4.79 Å². The van der Waals surface area contributed by atoms with Crippen LogP contribution in [0.2, 0.25) is 0 Å². The first kappa shape index (κ1) is 8.97. The summed E-state index contributed by atoms with van der Waals surface area (Å²) in [6.07, 6.45) is 3.28. The summed E-state index contributed by atoms with van der Waals surface area (Å²) in [4.78, 5) is 10.8. The summed E-state index contributed by atoms with van der Waals surface area (Å²) in [5.41, 5.74) is 0. The molecular weight excluding hydrogens is 170 g/mol. The van der Waals surface area contributed by atoms with E-state index in [-0.39, 0.29) is 18.2 Å². The number of aliphatic carboxylic acids is 1. The third-order valence-electron chi connectivity index (χ3n) is 2.97. The quantitative estimate of drug-likeness (QED) is 0.619. The molecule has 4 heteroatoms. The number of carboxylic acids is 1. The van der Waals surface area contributed by atoms with Gasteiger partial charge in [0, 0.05) is 6.04 Å². The van der Waals surface area contributed by atoms with Crippen molar-refractivity contribution in [2.24, 2.45) is 0 Å². The number of rotatable bonds is 1. The van der Waals surface area contributed by atoms with E-state index in [1.54, 1.807) is 0 Å². The van der Waals surface area contributed by atoms with Crippen molar-refractivity contribution >= 4 is 5.97 Å². The summed E-state index contributed by atoms with van der Waals surface area (Å²) >= 11 is 0. The first-order valence-electron chi connectivity index (χ1n) is 4.83. The van der Waals surface area contributed by atoms with Crippen molar-refractivity contribution in [3.63, 3.8) is 0 Å². The van der Waals surface area contributed by atoms with Crippen molar-refractivity contribution in [2.45, 2.75) is 50.5 Å². The van der Waals surface area contributed by atoms with Crippen LogP contribution in [0.4, 0.5) is 0 Å². The highest BCUT2D eigenvalue weighted by Crippen LogP contribution is 2.28. The summed E-state index contributed by atoms with van der Waals surface area (Å²) in [6, 6.07) is -0.267. The maximum atomic E-state index is 10.8. The zero-order valence-electron chi connectivity index (χ0n) is 7.69. The lowest BCUT2D eigenvalue weighted by molar-refractivity contribution is -0.151. The Balaban J connectivity index is 2.05. The summed E-state index contributed by atoms with van der Waals surface area (Å²) < 4.78 is 5.64. The molecule has 4 nitrogen and oxygen atoms in total. The average Bonchev–Trinajstić information content (AvgIpc) is 2.48. The lowest BCUT2D eigenvalue weighted by Gasteiger charge is -2.36. The number of morpholine rings is 1. The van der Waals surface area contributed by atoms with Crippen LogP contribution >= 0.6 is 0 Å². The molecule has 4 unspecified atom stereocenters. The Hall–Kier alpha value is -0.610. The van der Waals surface area contributed by atoms with E-state index >= 15 is 0 Å². The van der Waals surface area contributed by atoms with Crippen molar-refractivity contribution in [3.8, 4) is 0 Å². The minimum absolute atomic E-state index is 0.211. The van der Waals surface area contributed by atoms with E-state index in [0.717, 1.165) is 19.3 Å². The maximum Gasteiger partial charge on any atom is 0.323 e. The molecule has 1 saturated carbocycles. The standard InChI is InChI=1S/C9H15NO3/c1-5-8(9(11)12)10-6-3-2-4-7(6)13-5/h5-8,10H,2-4H2,1H3,(H,11,12). The molecule has 2 aliphatic rings. The molecule has 0 radical (unpaired) electrons. The number of nitrogens with one attached hydrogen (secondary N) is 1. The van der Waals surface area contributed by atoms with Crippen molar-refractivity contribution < 1.29 is 14.6 Å². The maximum absolute atomic E-state index is 10.8. The molecule has 0 amide bonds. The highest BCUT2D eigenvalue weighted by Gasteiger charge is 2.40. The summed E-state index contributed by atoms with van der Waals surface area (Å²) in [7, 11) is 0. The monoisotopic (exact) mass is 185 g/mol. The minimum Gasteiger partial charge on any atom is -0.480 e. The van der Waals surface area contributed by atoms with Gasteiger partial charge in [0.05, 0.1) is 12.2 Å². The molecular formula is C9H15NO3. The third-order valence-corrected chi connectivity index (χ3v) is 2.97. The molecule has 74 valence electrons. The van der Waals surface area contributed by atoms with Gasteiger partial charge < -0.3 is 9.84 Å². The fraction of sp³-hybridized carbons (Fsp3) is 0.889. The summed E-state index contributed by atoms with van der Waals surface area (Å²) in [5.74, 6) is -0.808. The number of carbonyl (C=O) groups is 1. The van der Waals surface area contributed by atoms with E-state index in [4.69, 9.17) is 9.84 Å². The van der Waals surface area contributed by atoms with Crippen LogP contribution < -0.4 is 5.32 Å². The van der Waals surface area contributed by atoms with E-state index < -0.39 is 12.0 Å². The Bertz CT molecular complexity index is 219. The van der Waals surface area contributed by atoms with Gasteiger partial charge in [0.1, 0.15) is 6.04 Å². The van der Waals surface area contributed by atoms with Gasteiger partial charge in [-0.05, 0) is 26.2 Å². The van der Waals surface area contributed by atoms with Gasteiger partial charge in [0.2, 0.25) is 0 Å².